The lowest BCUT2D eigenvalue weighted by Crippen LogP contribution is -2.42. The van der Waals surface area contributed by atoms with Crippen LogP contribution < -0.4 is 9.04 Å². The normalized spacial score (nSPS) is 18.2. The molecule has 0 saturated heterocycles. The molecule has 0 bridgehead atoms. The van der Waals surface area contributed by atoms with Gasteiger partial charge in [0.1, 0.15) is 6.10 Å². The van der Waals surface area contributed by atoms with Gasteiger partial charge in [0.15, 0.2) is 10.8 Å². The third-order valence-electron chi connectivity index (χ3n) is 3.29. The fraction of sp³-hybridized carbons (Fsp3) is 0.308. The zero-order valence-corrected chi connectivity index (χ0v) is 13.1. The van der Waals surface area contributed by atoms with Gasteiger partial charge in [-0.1, -0.05) is 17.7 Å². The molecule has 0 amide bonds. The number of fused-ring (bicyclic) bond motifs is 1. The van der Waals surface area contributed by atoms with Gasteiger partial charge in [-0.25, -0.2) is 0 Å². The van der Waals surface area contributed by atoms with Gasteiger partial charge in [-0.15, -0.1) is 0 Å². The van der Waals surface area contributed by atoms with E-state index in [1.807, 2.05) is 0 Å². The zero-order valence-electron chi connectivity index (χ0n) is 11.5. The summed E-state index contributed by atoms with van der Waals surface area (Å²) in [7, 11) is -2.12. The number of rotatable bonds is 2. The van der Waals surface area contributed by atoms with E-state index in [0.717, 1.165) is 0 Å². The fourth-order valence-corrected chi connectivity index (χ4v) is 4.20. The molecular weight excluding hydrogens is 314 g/mol. The minimum atomic E-state index is -3.72. The van der Waals surface area contributed by atoms with E-state index >= 15 is 0 Å². The predicted octanol–water partition coefficient (Wildman–Crippen LogP) is 2.05. The van der Waals surface area contributed by atoms with E-state index in [-0.39, 0.29) is 17.7 Å². The van der Waals surface area contributed by atoms with Crippen molar-refractivity contribution in [1.29, 1.82) is 0 Å². The topological polar surface area (TPSA) is 64.4 Å². The van der Waals surface area contributed by atoms with Crippen molar-refractivity contribution >= 4 is 27.3 Å². The monoisotopic (exact) mass is 327 g/mol. The molecule has 2 heterocycles. The molecule has 1 aliphatic rings. The lowest BCUT2D eigenvalue weighted by atomic mass is 10.2. The first kappa shape index (κ1) is 14.2. The van der Waals surface area contributed by atoms with E-state index in [1.165, 1.54) is 21.3 Å². The Morgan fingerprint density at radius 1 is 1.38 bits per heavy atom. The molecule has 21 heavy (non-hydrogen) atoms. The van der Waals surface area contributed by atoms with E-state index in [1.54, 1.807) is 32.2 Å². The number of benzene rings is 1. The molecule has 0 spiro atoms. The number of aromatic nitrogens is 2. The summed E-state index contributed by atoms with van der Waals surface area (Å²) in [5, 5.41) is 4.44. The van der Waals surface area contributed by atoms with Crippen molar-refractivity contribution in [3.8, 4) is 5.75 Å². The summed E-state index contributed by atoms with van der Waals surface area (Å²) in [6, 6.07) is 6.53. The fourth-order valence-electron chi connectivity index (χ4n) is 2.34. The maximum absolute atomic E-state index is 12.9. The van der Waals surface area contributed by atoms with Crippen LogP contribution in [-0.2, 0) is 17.1 Å². The Balaban J connectivity index is 2.17. The number of ether oxygens (including phenoxy) is 1. The Hall–Kier alpha value is -1.73. The van der Waals surface area contributed by atoms with Crippen LogP contribution in [0.4, 0.5) is 5.69 Å². The molecule has 2 aromatic rings. The number of nitrogens with zero attached hydrogens (tertiary/aromatic N) is 3. The van der Waals surface area contributed by atoms with Crippen molar-refractivity contribution in [3.63, 3.8) is 0 Å². The second-order valence-electron chi connectivity index (χ2n) is 4.85. The van der Waals surface area contributed by atoms with Crippen molar-refractivity contribution in [2.45, 2.75) is 18.1 Å². The quantitative estimate of drug-likeness (QED) is 0.847. The summed E-state index contributed by atoms with van der Waals surface area (Å²) < 4.78 is 34.0. The average molecular weight is 328 g/mol. The summed E-state index contributed by atoms with van der Waals surface area (Å²) in [6.07, 6.45) is 1.16. The van der Waals surface area contributed by atoms with E-state index in [9.17, 15) is 8.42 Å². The molecule has 0 saturated carbocycles. The van der Waals surface area contributed by atoms with Gasteiger partial charge < -0.3 is 4.74 Å². The Bertz CT molecular complexity index is 788. The highest BCUT2D eigenvalue weighted by Crippen LogP contribution is 2.41. The molecule has 0 aliphatic carbocycles. The molecule has 3 rings (SSSR count). The third-order valence-corrected chi connectivity index (χ3v) is 5.44. The van der Waals surface area contributed by atoms with Gasteiger partial charge >= 0.3 is 0 Å². The van der Waals surface area contributed by atoms with E-state index in [2.05, 4.69) is 5.10 Å². The number of aryl methyl sites for hydroxylation is 1. The Morgan fingerprint density at radius 3 is 2.81 bits per heavy atom. The van der Waals surface area contributed by atoms with Crippen molar-refractivity contribution in [2.24, 2.45) is 7.05 Å². The maximum atomic E-state index is 12.9. The highest BCUT2D eigenvalue weighted by molar-refractivity contribution is 7.92. The van der Waals surface area contributed by atoms with Crippen LogP contribution in [0.5, 0.6) is 5.75 Å². The number of para-hydroxylation sites is 1. The number of halogens is 1. The van der Waals surface area contributed by atoms with Crippen LogP contribution in [0.3, 0.4) is 0 Å². The number of anilines is 1. The van der Waals surface area contributed by atoms with Crippen LogP contribution in [-0.4, -0.2) is 30.8 Å². The predicted molar refractivity (Wildman–Crippen MR) is 79.3 cm³/mol. The minimum absolute atomic E-state index is 0.127. The highest BCUT2D eigenvalue weighted by Gasteiger charge is 2.35. The lowest BCUT2D eigenvalue weighted by molar-refractivity contribution is 0.219. The van der Waals surface area contributed by atoms with Crippen molar-refractivity contribution in [3.05, 3.63) is 35.5 Å². The average Bonchev–Trinajstić information content (AvgIpc) is 2.86. The molecule has 0 fully saturated rings. The molecule has 112 valence electrons. The van der Waals surface area contributed by atoms with E-state index in [4.69, 9.17) is 16.3 Å². The minimum Gasteiger partial charge on any atom is -0.485 e. The molecule has 1 aliphatic heterocycles. The highest BCUT2D eigenvalue weighted by atomic mass is 35.5. The van der Waals surface area contributed by atoms with Gasteiger partial charge in [0, 0.05) is 7.05 Å². The van der Waals surface area contributed by atoms with Crippen LogP contribution >= 0.6 is 11.6 Å². The van der Waals surface area contributed by atoms with Gasteiger partial charge in [-0.05, 0) is 25.1 Å². The molecule has 1 aromatic carbocycles. The molecule has 0 radical (unpaired) electrons. The van der Waals surface area contributed by atoms with Crippen LogP contribution in [0.2, 0.25) is 5.02 Å². The Kier molecular flexibility index (Phi) is 3.33. The summed E-state index contributed by atoms with van der Waals surface area (Å²) in [4.78, 5) is 0. The van der Waals surface area contributed by atoms with Gasteiger partial charge in [0.05, 0.1) is 23.5 Å². The first-order valence-electron chi connectivity index (χ1n) is 6.37. The van der Waals surface area contributed by atoms with Crippen LogP contribution in [0.15, 0.2) is 35.5 Å². The van der Waals surface area contributed by atoms with Gasteiger partial charge in [-0.2, -0.15) is 13.5 Å². The van der Waals surface area contributed by atoms with Crippen molar-refractivity contribution in [1.82, 2.24) is 9.78 Å². The first-order valence-corrected chi connectivity index (χ1v) is 8.19. The second-order valence-corrected chi connectivity index (χ2v) is 7.06. The summed E-state index contributed by atoms with van der Waals surface area (Å²) in [5.74, 6) is 0.392. The molecule has 1 aromatic heterocycles. The Morgan fingerprint density at radius 2 is 2.14 bits per heavy atom. The number of sulfonamides is 1. The zero-order chi connectivity index (χ0) is 15.2. The Labute approximate surface area is 127 Å². The number of hydrogen-bond donors (Lipinski definition) is 0. The molecule has 1 unspecified atom stereocenters. The van der Waals surface area contributed by atoms with Gasteiger partial charge in [-0.3, -0.25) is 8.99 Å². The summed E-state index contributed by atoms with van der Waals surface area (Å²) in [6.45, 7) is 2.03. The SMILES string of the molecule is CC1CN(S(=O)(=O)c2ccnn2C)c2cccc(Cl)c2O1. The van der Waals surface area contributed by atoms with Crippen LogP contribution in [0, 0.1) is 0 Å². The molecular formula is C13H14ClN3O3S. The molecule has 0 N–H and O–H groups in total. The molecule has 8 heteroatoms. The maximum Gasteiger partial charge on any atom is 0.281 e. The molecule has 6 nitrogen and oxygen atoms in total. The summed E-state index contributed by atoms with van der Waals surface area (Å²) >= 11 is 6.12. The van der Waals surface area contributed by atoms with Gasteiger partial charge in [0.25, 0.3) is 10.0 Å². The molecule has 1 atom stereocenters. The van der Waals surface area contributed by atoms with Crippen LogP contribution in [0.25, 0.3) is 0 Å². The standard InChI is InChI=1S/C13H14ClN3O3S/c1-9-8-17(11-5-3-4-10(14)13(11)20-9)21(18,19)12-6-7-15-16(12)2/h3-7,9H,8H2,1-2H3. The largest absolute Gasteiger partial charge is 0.485 e. The number of hydrogen-bond acceptors (Lipinski definition) is 4. The van der Waals surface area contributed by atoms with E-state index < -0.39 is 10.0 Å². The van der Waals surface area contributed by atoms with Gasteiger partial charge in [0.2, 0.25) is 0 Å². The smallest absolute Gasteiger partial charge is 0.281 e. The lowest BCUT2D eigenvalue weighted by Gasteiger charge is -2.34. The second kappa shape index (κ2) is 4.92. The van der Waals surface area contributed by atoms with Crippen molar-refractivity contribution in [2.75, 3.05) is 10.8 Å². The summed E-state index contributed by atoms with van der Waals surface area (Å²) in [5.41, 5.74) is 0.446. The van der Waals surface area contributed by atoms with Crippen LogP contribution in [0.1, 0.15) is 6.92 Å². The van der Waals surface area contributed by atoms with E-state index in [0.29, 0.717) is 16.5 Å². The third kappa shape index (κ3) is 2.26. The first-order chi connectivity index (χ1) is 9.91. The van der Waals surface area contributed by atoms with Crippen molar-refractivity contribution < 1.29 is 13.2 Å².